The molecule has 1 atom stereocenters. The van der Waals surface area contributed by atoms with Gasteiger partial charge in [0, 0.05) is 41.3 Å². The second-order valence-corrected chi connectivity index (χ2v) is 11.1. The number of nitrogens with one attached hydrogen (secondary N) is 2. The topological polar surface area (TPSA) is 130 Å². The van der Waals surface area contributed by atoms with Crippen molar-refractivity contribution in [2.24, 2.45) is 0 Å². The van der Waals surface area contributed by atoms with Gasteiger partial charge < -0.3 is 14.9 Å². The molecule has 5 rings (SSSR count). The summed E-state index contributed by atoms with van der Waals surface area (Å²) >= 11 is 0. The van der Waals surface area contributed by atoms with Crippen LogP contribution in [0.15, 0.2) is 107 Å². The fourth-order valence-corrected chi connectivity index (χ4v) is 5.19. The molecule has 0 aliphatic rings. The Bertz CT molecular complexity index is 1650. The summed E-state index contributed by atoms with van der Waals surface area (Å²) in [5, 5.41) is 17.5. The molecule has 2 aromatic heterocycles. The maximum Gasteiger partial charge on any atom is 0.261 e. The fraction of sp³-hybridized carbons (Fsp3) is 0.167. The van der Waals surface area contributed by atoms with Gasteiger partial charge >= 0.3 is 0 Å². The zero-order chi connectivity index (χ0) is 28.0. The maximum atomic E-state index is 12.9. The van der Waals surface area contributed by atoms with Crippen molar-refractivity contribution in [3.05, 3.63) is 114 Å². The molecular weight excluding hydrogens is 526 g/mol. The van der Waals surface area contributed by atoms with E-state index in [1.807, 2.05) is 49.4 Å². The Labute approximate surface area is 233 Å². The van der Waals surface area contributed by atoms with Crippen molar-refractivity contribution in [3.63, 3.8) is 0 Å². The maximum absolute atomic E-state index is 12.9. The highest BCUT2D eigenvalue weighted by atomic mass is 32.2. The van der Waals surface area contributed by atoms with E-state index >= 15 is 0 Å². The minimum atomic E-state index is -3.78. The SMILES string of the molecule is Cc1cccc(-c2nc(-c3ccc(S(=O)(=O)Nc4ccc(CCNCC(O)c5cccnc5)cc4)cc3)no2)c1. The molecule has 0 aliphatic heterocycles. The fourth-order valence-electron chi connectivity index (χ4n) is 4.14. The molecule has 5 aromatic rings. The lowest BCUT2D eigenvalue weighted by Gasteiger charge is -2.12. The second kappa shape index (κ2) is 12.2. The zero-order valence-corrected chi connectivity index (χ0v) is 22.7. The Kier molecular flexibility index (Phi) is 8.30. The number of pyridine rings is 1. The van der Waals surface area contributed by atoms with Gasteiger partial charge in [-0.1, -0.05) is 41.1 Å². The van der Waals surface area contributed by atoms with Crippen LogP contribution in [0.25, 0.3) is 22.8 Å². The Hall–Kier alpha value is -4.38. The van der Waals surface area contributed by atoms with Crippen LogP contribution in [0.2, 0.25) is 0 Å². The lowest BCUT2D eigenvalue weighted by atomic mass is 10.1. The first kappa shape index (κ1) is 27.2. The van der Waals surface area contributed by atoms with Crippen molar-refractivity contribution < 1.29 is 18.0 Å². The highest BCUT2D eigenvalue weighted by Gasteiger charge is 2.16. The number of aromatic nitrogens is 3. The smallest absolute Gasteiger partial charge is 0.261 e. The molecule has 0 saturated carbocycles. The number of rotatable bonds is 11. The first-order chi connectivity index (χ1) is 19.4. The predicted molar refractivity (Wildman–Crippen MR) is 153 cm³/mol. The van der Waals surface area contributed by atoms with E-state index in [4.69, 9.17) is 4.52 Å². The van der Waals surface area contributed by atoms with E-state index in [9.17, 15) is 13.5 Å². The highest BCUT2D eigenvalue weighted by Crippen LogP contribution is 2.25. The van der Waals surface area contributed by atoms with Crippen LogP contribution in [0, 0.1) is 6.92 Å². The van der Waals surface area contributed by atoms with Gasteiger partial charge in [0.25, 0.3) is 15.9 Å². The van der Waals surface area contributed by atoms with Crippen molar-refractivity contribution in [1.82, 2.24) is 20.4 Å². The Balaban J connectivity index is 1.15. The third-order valence-corrected chi connectivity index (χ3v) is 7.71. The average molecular weight is 556 g/mol. The van der Waals surface area contributed by atoms with Gasteiger partial charge in [-0.3, -0.25) is 9.71 Å². The van der Waals surface area contributed by atoms with Crippen LogP contribution in [0.5, 0.6) is 0 Å². The number of hydrogen-bond acceptors (Lipinski definition) is 8. The Morgan fingerprint density at radius 3 is 2.48 bits per heavy atom. The molecule has 0 spiro atoms. The highest BCUT2D eigenvalue weighted by molar-refractivity contribution is 7.92. The van der Waals surface area contributed by atoms with Gasteiger partial charge in [-0.25, -0.2) is 8.42 Å². The Morgan fingerprint density at radius 2 is 1.75 bits per heavy atom. The molecule has 0 radical (unpaired) electrons. The summed E-state index contributed by atoms with van der Waals surface area (Å²) in [4.78, 5) is 8.59. The normalized spacial score (nSPS) is 12.2. The summed E-state index contributed by atoms with van der Waals surface area (Å²) in [5.41, 5.74) is 4.83. The van der Waals surface area contributed by atoms with E-state index in [1.54, 1.807) is 42.7 Å². The number of benzene rings is 3. The number of anilines is 1. The monoisotopic (exact) mass is 555 g/mol. The minimum Gasteiger partial charge on any atom is -0.387 e. The zero-order valence-electron chi connectivity index (χ0n) is 21.9. The molecule has 0 aliphatic carbocycles. The molecule has 3 aromatic carbocycles. The molecule has 0 saturated heterocycles. The number of sulfonamides is 1. The van der Waals surface area contributed by atoms with Gasteiger partial charge in [-0.05, 0) is 80.1 Å². The Morgan fingerprint density at radius 1 is 0.950 bits per heavy atom. The lowest BCUT2D eigenvalue weighted by Crippen LogP contribution is -2.23. The molecule has 0 bridgehead atoms. The minimum absolute atomic E-state index is 0.124. The van der Waals surface area contributed by atoms with Crippen LogP contribution >= 0.6 is 0 Å². The van der Waals surface area contributed by atoms with E-state index in [2.05, 4.69) is 25.2 Å². The quantitative estimate of drug-likeness (QED) is 0.199. The van der Waals surface area contributed by atoms with Gasteiger partial charge in [0.2, 0.25) is 5.82 Å². The molecule has 2 heterocycles. The summed E-state index contributed by atoms with van der Waals surface area (Å²) in [6, 6.07) is 24.9. The van der Waals surface area contributed by atoms with Crippen LogP contribution in [0.3, 0.4) is 0 Å². The van der Waals surface area contributed by atoms with Gasteiger partial charge in [0.05, 0.1) is 11.0 Å². The van der Waals surface area contributed by atoms with Crippen LogP contribution in [-0.2, 0) is 16.4 Å². The van der Waals surface area contributed by atoms with Gasteiger partial charge in [0.15, 0.2) is 0 Å². The summed E-state index contributed by atoms with van der Waals surface area (Å²) < 4.78 is 33.9. The molecule has 204 valence electrons. The molecule has 0 amide bonds. The molecular formula is C30H29N5O4S. The van der Waals surface area contributed by atoms with Crippen LogP contribution in [0.4, 0.5) is 5.69 Å². The van der Waals surface area contributed by atoms with Crippen molar-refractivity contribution >= 4 is 15.7 Å². The number of nitrogens with zero attached hydrogens (tertiary/aromatic N) is 3. The van der Waals surface area contributed by atoms with Crippen molar-refractivity contribution in [3.8, 4) is 22.8 Å². The lowest BCUT2D eigenvalue weighted by molar-refractivity contribution is 0.174. The molecule has 0 fully saturated rings. The van der Waals surface area contributed by atoms with E-state index in [0.29, 0.717) is 36.1 Å². The predicted octanol–water partition coefficient (Wildman–Crippen LogP) is 4.77. The summed E-state index contributed by atoms with van der Waals surface area (Å²) in [6.07, 6.45) is 3.43. The van der Waals surface area contributed by atoms with Gasteiger partial charge in [0.1, 0.15) is 0 Å². The van der Waals surface area contributed by atoms with E-state index in [-0.39, 0.29) is 4.90 Å². The van der Waals surface area contributed by atoms with Crippen LogP contribution in [-0.4, -0.2) is 41.7 Å². The van der Waals surface area contributed by atoms with E-state index < -0.39 is 16.1 Å². The second-order valence-electron chi connectivity index (χ2n) is 9.38. The molecule has 40 heavy (non-hydrogen) atoms. The van der Waals surface area contributed by atoms with Crippen molar-refractivity contribution in [1.29, 1.82) is 0 Å². The molecule has 9 nitrogen and oxygen atoms in total. The van der Waals surface area contributed by atoms with Crippen LogP contribution in [0.1, 0.15) is 22.8 Å². The first-order valence-electron chi connectivity index (χ1n) is 12.8. The summed E-state index contributed by atoms with van der Waals surface area (Å²) in [5.74, 6) is 0.781. The number of hydrogen-bond donors (Lipinski definition) is 3. The van der Waals surface area contributed by atoms with Crippen molar-refractivity contribution in [2.75, 3.05) is 17.8 Å². The van der Waals surface area contributed by atoms with E-state index in [1.165, 1.54) is 12.1 Å². The van der Waals surface area contributed by atoms with E-state index in [0.717, 1.165) is 28.7 Å². The third-order valence-electron chi connectivity index (χ3n) is 6.32. The summed E-state index contributed by atoms with van der Waals surface area (Å²) in [6.45, 7) is 3.07. The molecule has 1 unspecified atom stereocenters. The third kappa shape index (κ3) is 6.78. The largest absolute Gasteiger partial charge is 0.387 e. The van der Waals surface area contributed by atoms with Gasteiger partial charge in [-0.2, -0.15) is 4.98 Å². The molecule has 10 heteroatoms. The number of aliphatic hydroxyl groups is 1. The average Bonchev–Trinajstić information content (AvgIpc) is 3.47. The standard InChI is InChI=1S/C30H29N5O4S/c1-21-4-2-5-24(18-21)30-33-29(34-39-30)23-9-13-27(14-10-23)40(37,38)35-26-11-7-22(8-12-26)15-17-32-20-28(36)25-6-3-16-31-19-25/h2-14,16,18-19,28,32,35-36H,15,17,20H2,1H3. The number of aryl methyl sites for hydroxylation is 1. The first-order valence-corrected chi connectivity index (χ1v) is 14.3. The molecule has 3 N–H and O–H groups in total. The summed E-state index contributed by atoms with van der Waals surface area (Å²) in [7, 11) is -3.78. The van der Waals surface area contributed by atoms with Crippen LogP contribution < -0.4 is 10.0 Å². The van der Waals surface area contributed by atoms with Crippen molar-refractivity contribution in [2.45, 2.75) is 24.3 Å². The number of aliphatic hydroxyl groups excluding tert-OH is 1. The van der Waals surface area contributed by atoms with Gasteiger partial charge in [-0.15, -0.1) is 0 Å².